The first-order valence-corrected chi connectivity index (χ1v) is 5.36. The molecule has 0 amide bonds. The molecule has 0 aliphatic rings. The lowest BCUT2D eigenvalue weighted by molar-refractivity contribution is 0.536. The van der Waals surface area contributed by atoms with Crippen LogP contribution in [-0.4, -0.2) is 6.54 Å². The van der Waals surface area contributed by atoms with Crippen molar-refractivity contribution in [3.63, 3.8) is 0 Å². The second-order valence-corrected chi connectivity index (χ2v) is 4.05. The minimum Gasteiger partial charge on any atom is -0.461 e. The molecule has 0 saturated heterocycles. The van der Waals surface area contributed by atoms with Gasteiger partial charge < -0.3 is 10.2 Å². The number of rotatable bonds is 2. The zero-order valence-corrected chi connectivity index (χ0v) is 9.54. The van der Waals surface area contributed by atoms with Gasteiger partial charge in [0.25, 0.3) is 0 Å². The predicted molar refractivity (Wildman–Crippen MR) is 64.7 cm³/mol. The van der Waals surface area contributed by atoms with E-state index in [1.807, 2.05) is 26.0 Å². The summed E-state index contributed by atoms with van der Waals surface area (Å²) in [6.45, 7) is 4.48. The van der Waals surface area contributed by atoms with Crippen molar-refractivity contribution < 1.29 is 4.42 Å². The molecule has 2 aromatic rings. The standard InChI is InChI=1S/C13H15NO2/c1-8-5-11-12(15)7-10(3-4-14)16-13(11)6-9(8)2/h5-7H,3-4,14H2,1-2H3. The Hall–Kier alpha value is -1.61. The van der Waals surface area contributed by atoms with Gasteiger partial charge in [-0.25, -0.2) is 0 Å². The van der Waals surface area contributed by atoms with E-state index in [1.165, 1.54) is 6.07 Å². The molecule has 1 aromatic heterocycles. The Balaban J connectivity index is 2.72. The lowest BCUT2D eigenvalue weighted by atomic mass is 10.1. The highest BCUT2D eigenvalue weighted by Crippen LogP contribution is 2.17. The molecule has 0 atom stereocenters. The van der Waals surface area contributed by atoms with Crippen LogP contribution in [0.2, 0.25) is 0 Å². The molecule has 2 rings (SSSR count). The maximum absolute atomic E-state index is 11.8. The lowest BCUT2D eigenvalue weighted by Gasteiger charge is -2.04. The molecule has 1 aromatic carbocycles. The second kappa shape index (κ2) is 4.10. The van der Waals surface area contributed by atoms with Gasteiger partial charge in [0.1, 0.15) is 11.3 Å². The summed E-state index contributed by atoms with van der Waals surface area (Å²) in [5, 5.41) is 0.642. The maximum Gasteiger partial charge on any atom is 0.192 e. The Bertz CT molecular complexity index is 584. The van der Waals surface area contributed by atoms with Gasteiger partial charge in [0, 0.05) is 12.5 Å². The largest absolute Gasteiger partial charge is 0.461 e. The molecule has 0 spiro atoms. The summed E-state index contributed by atoms with van der Waals surface area (Å²) in [5.74, 6) is 0.656. The van der Waals surface area contributed by atoms with Crippen molar-refractivity contribution in [2.45, 2.75) is 20.3 Å². The van der Waals surface area contributed by atoms with Gasteiger partial charge in [-0.05, 0) is 43.7 Å². The summed E-state index contributed by atoms with van der Waals surface area (Å²) in [6.07, 6.45) is 0.595. The van der Waals surface area contributed by atoms with Crippen molar-refractivity contribution in [2.24, 2.45) is 5.73 Å². The fourth-order valence-electron chi connectivity index (χ4n) is 1.73. The lowest BCUT2D eigenvalue weighted by Crippen LogP contribution is -2.07. The number of aryl methyl sites for hydroxylation is 2. The minimum atomic E-state index is 0.00722. The van der Waals surface area contributed by atoms with Crippen LogP contribution in [0.4, 0.5) is 0 Å². The quantitative estimate of drug-likeness (QED) is 0.836. The summed E-state index contributed by atoms with van der Waals surface area (Å²) in [5.41, 5.74) is 8.33. The molecule has 0 unspecified atom stereocenters. The van der Waals surface area contributed by atoms with E-state index in [4.69, 9.17) is 10.2 Å². The van der Waals surface area contributed by atoms with Crippen molar-refractivity contribution in [1.29, 1.82) is 0 Å². The summed E-state index contributed by atoms with van der Waals surface area (Å²) >= 11 is 0. The fourth-order valence-corrected chi connectivity index (χ4v) is 1.73. The monoisotopic (exact) mass is 217 g/mol. The Kier molecular flexibility index (Phi) is 2.79. The first kappa shape index (κ1) is 10.9. The molecule has 0 aliphatic heterocycles. The predicted octanol–water partition coefficient (Wildman–Crippen LogP) is 1.91. The van der Waals surface area contributed by atoms with Crippen LogP contribution in [0.3, 0.4) is 0 Å². The van der Waals surface area contributed by atoms with E-state index in [2.05, 4.69) is 0 Å². The van der Waals surface area contributed by atoms with Crippen molar-refractivity contribution in [1.82, 2.24) is 0 Å². The third kappa shape index (κ3) is 1.86. The topological polar surface area (TPSA) is 56.2 Å². The molecule has 0 bridgehead atoms. The van der Waals surface area contributed by atoms with Crippen molar-refractivity contribution in [2.75, 3.05) is 6.54 Å². The highest BCUT2D eigenvalue weighted by atomic mass is 16.3. The Morgan fingerprint density at radius 1 is 1.19 bits per heavy atom. The highest BCUT2D eigenvalue weighted by Gasteiger charge is 2.06. The molecule has 0 aliphatic carbocycles. The average molecular weight is 217 g/mol. The molecule has 16 heavy (non-hydrogen) atoms. The number of benzene rings is 1. The smallest absolute Gasteiger partial charge is 0.192 e. The highest BCUT2D eigenvalue weighted by molar-refractivity contribution is 5.78. The van der Waals surface area contributed by atoms with Crippen LogP contribution in [0.5, 0.6) is 0 Å². The fraction of sp³-hybridized carbons (Fsp3) is 0.308. The van der Waals surface area contributed by atoms with Gasteiger partial charge in [0.05, 0.1) is 5.39 Å². The van der Waals surface area contributed by atoms with E-state index in [9.17, 15) is 4.79 Å². The molecule has 2 N–H and O–H groups in total. The summed E-state index contributed by atoms with van der Waals surface area (Å²) in [6, 6.07) is 5.32. The first-order valence-electron chi connectivity index (χ1n) is 5.36. The number of nitrogens with two attached hydrogens (primary N) is 1. The van der Waals surface area contributed by atoms with Gasteiger partial charge in [-0.1, -0.05) is 0 Å². The van der Waals surface area contributed by atoms with Crippen molar-refractivity contribution in [3.8, 4) is 0 Å². The molecule has 3 heteroatoms. The van der Waals surface area contributed by atoms with Crippen LogP contribution in [0.15, 0.2) is 27.4 Å². The molecule has 0 saturated carbocycles. The number of hydrogen-bond donors (Lipinski definition) is 1. The molecule has 0 radical (unpaired) electrons. The van der Waals surface area contributed by atoms with Gasteiger partial charge in [0.2, 0.25) is 0 Å². The van der Waals surface area contributed by atoms with Crippen LogP contribution in [-0.2, 0) is 6.42 Å². The SMILES string of the molecule is Cc1cc2oc(CCN)cc(=O)c2cc1C. The molecular formula is C13H15NO2. The Morgan fingerprint density at radius 3 is 2.56 bits per heavy atom. The number of fused-ring (bicyclic) bond motifs is 1. The Morgan fingerprint density at radius 2 is 1.88 bits per heavy atom. The van der Waals surface area contributed by atoms with Gasteiger partial charge in [-0.2, -0.15) is 0 Å². The zero-order valence-electron chi connectivity index (χ0n) is 9.54. The van der Waals surface area contributed by atoms with Gasteiger partial charge in [-0.3, -0.25) is 4.79 Å². The summed E-state index contributed by atoms with van der Waals surface area (Å²) < 4.78 is 5.64. The van der Waals surface area contributed by atoms with E-state index in [0.717, 1.165) is 11.1 Å². The summed E-state index contributed by atoms with van der Waals surface area (Å²) in [4.78, 5) is 11.8. The van der Waals surface area contributed by atoms with Crippen molar-refractivity contribution in [3.05, 3.63) is 45.3 Å². The number of hydrogen-bond acceptors (Lipinski definition) is 3. The van der Waals surface area contributed by atoms with Crippen LogP contribution in [0.1, 0.15) is 16.9 Å². The average Bonchev–Trinajstić information content (AvgIpc) is 2.22. The molecule has 84 valence electrons. The third-order valence-corrected chi connectivity index (χ3v) is 2.79. The van der Waals surface area contributed by atoms with Gasteiger partial charge in [-0.15, -0.1) is 0 Å². The molecule has 3 nitrogen and oxygen atoms in total. The zero-order chi connectivity index (χ0) is 11.7. The van der Waals surface area contributed by atoms with Crippen molar-refractivity contribution >= 4 is 11.0 Å². The van der Waals surface area contributed by atoms with E-state index in [0.29, 0.717) is 29.7 Å². The third-order valence-electron chi connectivity index (χ3n) is 2.79. The minimum absolute atomic E-state index is 0.00722. The van der Waals surface area contributed by atoms with Crippen LogP contribution >= 0.6 is 0 Å². The van der Waals surface area contributed by atoms with E-state index < -0.39 is 0 Å². The van der Waals surface area contributed by atoms with E-state index in [1.54, 1.807) is 0 Å². The molecule has 1 heterocycles. The van der Waals surface area contributed by atoms with Crippen LogP contribution in [0, 0.1) is 13.8 Å². The Labute approximate surface area is 93.9 Å². The van der Waals surface area contributed by atoms with Gasteiger partial charge >= 0.3 is 0 Å². The first-order chi connectivity index (χ1) is 7.61. The maximum atomic E-state index is 11.8. The van der Waals surface area contributed by atoms with E-state index >= 15 is 0 Å². The second-order valence-electron chi connectivity index (χ2n) is 4.05. The summed E-state index contributed by atoms with van der Waals surface area (Å²) in [7, 11) is 0. The van der Waals surface area contributed by atoms with E-state index in [-0.39, 0.29) is 5.43 Å². The van der Waals surface area contributed by atoms with Gasteiger partial charge in [0.15, 0.2) is 5.43 Å². The normalized spacial score (nSPS) is 10.9. The van der Waals surface area contributed by atoms with Crippen LogP contribution < -0.4 is 11.2 Å². The van der Waals surface area contributed by atoms with Crippen LogP contribution in [0.25, 0.3) is 11.0 Å². The molecular weight excluding hydrogens is 202 g/mol. The molecule has 0 fully saturated rings.